The Hall–Kier alpha value is -0.590. The van der Waals surface area contributed by atoms with E-state index in [1.165, 1.54) is 0 Å². The van der Waals surface area contributed by atoms with Crippen molar-refractivity contribution in [1.29, 1.82) is 0 Å². The lowest BCUT2D eigenvalue weighted by molar-refractivity contribution is 0.113. The van der Waals surface area contributed by atoms with Crippen LogP contribution in [0.1, 0.15) is 19.7 Å². The summed E-state index contributed by atoms with van der Waals surface area (Å²) in [6.07, 6.45) is 0.910. The van der Waals surface area contributed by atoms with Crippen LogP contribution in [0.5, 0.6) is 0 Å². The van der Waals surface area contributed by atoms with Gasteiger partial charge in [0.05, 0.1) is 18.5 Å². The minimum Gasteiger partial charge on any atom is -0.394 e. The highest BCUT2D eigenvalue weighted by molar-refractivity contribution is 7.98. The van der Waals surface area contributed by atoms with Gasteiger partial charge in [0.25, 0.3) is 0 Å². The number of aliphatic hydroxyl groups excluding tert-OH is 2. The van der Waals surface area contributed by atoms with Crippen molar-refractivity contribution < 1.29 is 10.2 Å². The van der Waals surface area contributed by atoms with E-state index in [1.54, 1.807) is 18.1 Å². The molecule has 0 amide bonds. The Morgan fingerprint density at radius 3 is 2.88 bits per heavy atom. The summed E-state index contributed by atoms with van der Waals surface area (Å²) in [5.41, 5.74) is 0. The van der Waals surface area contributed by atoms with E-state index in [9.17, 15) is 5.11 Å². The predicted molar refractivity (Wildman–Crippen MR) is 64.1 cm³/mol. The van der Waals surface area contributed by atoms with Gasteiger partial charge in [0.1, 0.15) is 12.2 Å². The summed E-state index contributed by atoms with van der Waals surface area (Å²) in [5.74, 6) is 2.69. The lowest BCUT2D eigenvalue weighted by atomic mass is 10.2. The fraction of sp³-hybridized carbons (Fsp3) is 0.800. The van der Waals surface area contributed by atoms with Gasteiger partial charge in [-0.2, -0.15) is 16.9 Å². The van der Waals surface area contributed by atoms with Gasteiger partial charge in [-0.25, -0.2) is 9.67 Å². The summed E-state index contributed by atoms with van der Waals surface area (Å²) in [6, 6.07) is 0. The van der Waals surface area contributed by atoms with Crippen LogP contribution in [0.15, 0.2) is 6.33 Å². The summed E-state index contributed by atoms with van der Waals surface area (Å²) in [7, 11) is 0. The molecule has 1 rings (SSSR count). The monoisotopic (exact) mass is 245 g/mol. The molecule has 2 N–H and O–H groups in total. The van der Waals surface area contributed by atoms with Crippen LogP contribution in [-0.4, -0.2) is 43.4 Å². The molecule has 6 heteroatoms. The maximum absolute atomic E-state index is 9.19. The quantitative estimate of drug-likeness (QED) is 0.733. The largest absolute Gasteiger partial charge is 0.394 e. The molecule has 0 aliphatic carbocycles. The molecule has 0 radical (unpaired) electrons. The van der Waals surface area contributed by atoms with Crippen LogP contribution < -0.4 is 0 Å². The van der Waals surface area contributed by atoms with Crippen LogP contribution in [0.3, 0.4) is 0 Å². The highest BCUT2D eigenvalue weighted by atomic mass is 32.2. The first-order chi connectivity index (χ1) is 7.63. The van der Waals surface area contributed by atoms with E-state index < -0.39 is 6.10 Å². The molecule has 1 unspecified atom stereocenters. The zero-order chi connectivity index (χ0) is 12.0. The van der Waals surface area contributed by atoms with Crippen LogP contribution in [0.25, 0.3) is 0 Å². The van der Waals surface area contributed by atoms with Gasteiger partial charge < -0.3 is 10.2 Å². The van der Waals surface area contributed by atoms with E-state index in [1.807, 2.05) is 4.68 Å². The fourth-order valence-electron chi connectivity index (χ4n) is 1.24. The fourth-order valence-corrected chi connectivity index (χ4v) is 2.14. The van der Waals surface area contributed by atoms with Gasteiger partial charge in [0.2, 0.25) is 0 Å². The van der Waals surface area contributed by atoms with Crippen molar-refractivity contribution >= 4 is 11.8 Å². The number of aliphatic hydroxyl groups is 2. The first-order valence-corrected chi connectivity index (χ1v) is 6.52. The summed E-state index contributed by atoms with van der Waals surface area (Å²) in [4.78, 5) is 4.18. The molecule has 1 aromatic heterocycles. The summed E-state index contributed by atoms with van der Waals surface area (Å²) in [5, 5.41) is 22.0. The second-order valence-electron chi connectivity index (χ2n) is 4.10. The molecule has 0 aliphatic heterocycles. The number of rotatable bonds is 7. The Morgan fingerprint density at radius 2 is 2.25 bits per heavy atom. The predicted octanol–water partition coefficient (Wildman–Crippen LogP) is 0.520. The van der Waals surface area contributed by atoms with Crippen LogP contribution in [0.2, 0.25) is 0 Å². The topological polar surface area (TPSA) is 71.2 Å². The molecule has 0 aromatic carbocycles. The lowest BCUT2D eigenvalue weighted by Gasteiger charge is -2.09. The van der Waals surface area contributed by atoms with Crippen LogP contribution in [0, 0.1) is 5.92 Å². The maximum Gasteiger partial charge on any atom is 0.138 e. The summed E-state index contributed by atoms with van der Waals surface area (Å²) < 4.78 is 1.89. The molecule has 0 saturated heterocycles. The molecule has 1 aromatic rings. The molecule has 5 nitrogen and oxygen atoms in total. The van der Waals surface area contributed by atoms with Crippen molar-refractivity contribution in [2.75, 3.05) is 12.4 Å². The molecule has 0 fully saturated rings. The van der Waals surface area contributed by atoms with Gasteiger partial charge in [-0.3, -0.25) is 0 Å². The average Bonchev–Trinajstić information content (AvgIpc) is 2.64. The smallest absolute Gasteiger partial charge is 0.138 e. The number of nitrogens with zero attached hydrogens (tertiary/aromatic N) is 3. The van der Waals surface area contributed by atoms with Gasteiger partial charge >= 0.3 is 0 Å². The second kappa shape index (κ2) is 6.88. The van der Waals surface area contributed by atoms with Gasteiger partial charge in [-0.05, 0) is 5.92 Å². The molecule has 1 atom stereocenters. The van der Waals surface area contributed by atoms with Crippen molar-refractivity contribution in [1.82, 2.24) is 14.8 Å². The molecule has 0 bridgehead atoms. The lowest BCUT2D eigenvalue weighted by Crippen LogP contribution is -2.15. The van der Waals surface area contributed by atoms with Crippen molar-refractivity contribution in [3.8, 4) is 0 Å². The Labute approximate surface area is 99.9 Å². The van der Waals surface area contributed by atoms with Crippen LogP contribution in [0.4, 0.5) is 0 Å². The Morgan fingerprint density at radius 1 is 1.50 bits per heavy atom. The van der Waals surface area contributed by atoms with Crippen molar-refractivity contribution in [3.05, 3.63) is 12.2 Å². The zero-order valence-corrected chi connectivity index (χ0v) is 10.5. The normalized spacial score (nSPS) is 13.3. The number of hydrogen-bond acceptors (Lipinski definition) is 5. The maximum atomic E-state index is 9.19. The van der Waals surface area contributed by atoms with E-state index in [-0.39, 0.29) is 6.61 Å². The SMILES string of the molecule is CC(C)Cn1ncnc1CSCC(O)CO. The Kier molecular flexibility index (Phi) is 5.79. The van der Waals surface area contributed by atoms with E-state index in [0.29, 0.717) is 17.4 Å². The summed E-state index contributed by atoms with van der Waals surface area (Å²) >= 11 is 1.55. The van der Waals surface area contributed by atoms with E-state index >= 15 is 0 Å². The molecule has 16 heavy (non-hydrogen) atoms. The number of hydrogen-bond donors (Lipinski definition) is 2. The van der Waals surface area contributed by atoms with Gasteiger partial charge in [0.15, 0.2) is 0 Å². The average molecular weight is 245 g/mol. The highest BCUT2D eigenvalue weighted by Gasteiger charge is 2.08. The first kappa shape index (κ1) is 13.5. The van der Waals surface area contributed by atoms with Crippen molar-refractivity contribution in [2.24, 2.45) is 5.92 Å². The number of thioether (sulfide) groups is 1. The van der Waals surface area contributed by atoms with Crippen LogP contribution in [-0.2, 0) is 12.3 Å². The van der Waals surface area contributed by atoms with Gasteiger partial charge in [-0.15, -0.1) is 0 Å². The number of aromatic nitrogens is 3. The van der Waals surface area contributed by atoms with Gasteiger partial charge in [0, 0.05) is 12.3 Å². The third-order valence-electron chi connectivity index (χ3n) is 1.99. The third-order valence-corrected chi connectivity index (χ3v) is 3.07. The second-order valence-corrected chi connectivity index (χ2v) is 5.13. The third kappa shape index (κ3) is 4.51. The molecule has 0 saturated carbocycles. The first-order valence-electron chi connectivity index (χ1n) is 5.36. The van der Waals surface area contributed by atoms with Crippen molar-refractivity contribution in [3.63, 3.8) is 0 Å². The Bertz CT molecular complexity index is 304. The van der Waals surface area contributed by atoms with Crippen LogP contribution >= 0.6 is 11.8 Å². The molecule has 1 heterocycles. The highest BCUT2D eigenvalue weighted by Crippen LogP contribution is 2.12. The van der Waals surface area contributed by atoms with E-state index in [0.717, 1.165) is 12.4 Å². The molecule has 0 aliphatic rings. The van der Waals surface area contributed by atoms with Gasteiger partial charge in [-0.1, -0.05) is 13.8 Å². The molecular weight excluding hydrogens is 226 g/mol. The molecular formula is C10H19N3O2S. The molecule has 92 valence electrons. The van der Waals surface area contributed by atoms with E-state index in [4.69, 9.17) is 5.11 Å². The zero-order valence-electron chi connectivity index (χ0n) is 9.70. The standard InChI is InChI=1S/C10H19N3O2S/c1-8(2)3-13-10(11-7-12-13)6-16-5-9(15)4-14/h7-9,14-15H,3-6H2,1-2H3. The Balaban J connectivity index is 2.38. The minimum atomic E-state index is -0.647. The summed E-state index contributed by atoms with van der Waals surface area (Å²) in [6.45, 7) is 4.94. The van der Waals surface area contributed by atoms with Crippen molar-refractivity contribution in [2.45, 2.75) is 32.2 Å². The van der Waals surface area contributed by atoms with E-state index in [2.05, 4.69) is 23.9 Å². The minimum absolute atomic E-state index is 0.189. The molecule has 0 spiro atoms.